The van der Waals surface area contributed by atoms with E-state index in [-0.39, 0.29) is 29.5 Å². The number of esters is 1. The summed E-state index contributed by atoms with van der Waals surface area (Å²) in [6.07, 6.45) is 0.735. The second-order valence-corrected chi connectivity index (χ2v) is 5.66. The number of H-pyrrole nitrogens is 1. The lowest BCUT2D eigenvalue weighted by Crippen LogP contribution is -2.19. The van der Waals surface area contributed by atoms with Gasteiger partial charge in [0.2, 0.25) is 10.0 Å². The number of sulfonamides is 1. The summed E-state index contributed by atoms with van der Waals surface area (Å²) in [7, 11) is -2.46. The van der Waals surface area contributed by atoms with Gasteiger partial charge in [-0.05, 0) is 13.3 Å². The van der Waals surface area contributed by atoms with Crippen molar-refractivity contribution in [1.29, 1.82) is 0 Å². The Morgan fingerprint density at radius 3 is 2.62 bits per heavy atom. The number of methoxy groups -OCH3 is 1. The first-order chi connectivity index (χ1) is 9.88. The minimum absolute atomic E-state index is 0.0121. The van der Waals surface area contributed by atoms with Gasteiger partial charge in [-0.2, -0.15) is 5.10 Å². The molecule has 0 bridgehead atoms. The highest BCUT2D eigenvalue weighted by molar-refractivity contribution is 7.89. The molecule has 0 unspecified atom stereocenters. The van der Waals surface area contributed by atoms with Crippen LogP contribution in [0.15, 0.2) is 4.90 Å². The van der Waals surface area contributed by atoms with E-state index in [1.54, 1.807) is 7.11 Å². The smallest absolute Gasteiger partial charge is 0.360 e. The Hall–Kier alpha value is -1.49. The number of aryl methyl sites for hydroxylation is 1. The first-order valence-corrected chi connectivity index (χ1v) is 7.74. The largest absolute Gasteiger partial charge is 0.458 e. The van der Waals surface area contributed by atoms with Crippen molar-refractivity contribution in [3.8, 4) is 0 Å². The number of hydrogen-bond acceptors (Lipinski definition) is 7. The molecule has 3 N–H and O–H groups in total. The van der Waals surface area contributed by atoms with E-state index in [0.717, 1.165) is 6.42 Å². The van der Waals surface area contributed by atoms with E-state index in [0.29, 0.717) is 13.2 Å². The Kier molecular flexibility index (Phi) is 6.75. The van der Waals surface area contributed by atoms with E-state index in [2.05, 4.69) is 10.2 Å². The van der Waals surface area contributed by atoms with Crippen LogP contribution < -0.4 is 5.14 Å². The van der Waals surface area contributed by atoms with Crippen LogP contribution in [0.25, 0.3) is 0 Å². The van der Waals surface area contributed by atoms with E-state index >= 15 is 0 Å². The van der Waals surface area contributed by atoms with Gasteiger partial charge in [-0.3, -0.25) is 5.10 Å². The lowest BCUT2D eigenvalue weighted by Gasteiger charge is -2.05. The quantitative estimate of drug-likeness (QED) is 0.466. The standard InChI is InChI=1S/C11H19N3O6S/c1-8-10(21(12,16)17)9(14-13-8)11(15)20-7-6-19-5-3-4-18-2/h3-7H2,1-2H3,(H,13,14)(H2,12,16,17). The van der Waals surface area contributed by atoms with E-state index in [1.165, 1.54) is 6.92 Å². The fourth-order valence-corrected chi connectivity index (χ4v) is 2.45. The summed E-state index contributed by atoms with van der Waals surface area (Å²) in [5.74, 6) is -0.871. The Balaban J connectivity index is 2.47. The van der Waals surface area contributed by atoms with Crippen LogP contribution in [0.5, 0.6) is 0 Å². The molecule has 0 fully saturated rings. The molecule has 0 aliphatic rings. The molecule has 1 aromatic rings. The molecule has 9 nitrogen and oxygen atoms in total. The number of carbonyl (C=O) groups excluding carboxylic acids is 1. The molecule has 0 aliphatic carbocycles. The number of aromatic amines is 1. The van der Waals surface area contributed by atoms with E-state index in [4.69, 9.17) is 19.3 Å². The van der Waals surface area contributed by atoms with Crippen LogP contribution in [0, 0.1) is 6.92 Å². The molecular formula is C11H19N3O6S. The fourth-order valence-electron chi connectivity index (χ4n) is 1.57. The number of nitrogens with two attached hydrogens (primary N) is 1. The molecule has 0 atom stereocenters. The molecule has 0 spiro atoms. The highest BCUT2D eigenvalue weighted by atomic mass is 32.2. The predicted molar refractivity (Wildman–Crippen MR) is 72.3 cm³/mol. The maximum atomic E-state index is 11.8. The van der Waals surface area contributed by atoms with Gasteiger partial charge >= 0.3 is 5.97 Å². The minimum Gasteiger partial charge on any atom is -0.458 e. The number of nitrogens with one attached hydrogen (secondary N) is 1. The number of rotatable bonds is 9. The van der Waals surface area contributed by atoms with Gasteiger partial charge in [-0.1, -0.05) is 0 Å². The van der Waals surface area contributed by atoms with E-state index in [9.17, 15) is 13.2 Å². The van der Waals surface area contributed by atoms with Crippen molar-refractivity contribution in [2.45, 2.75) is 18.2 Å². The zero-order valence-corrected chi connectivity index (χ0v) is 12.7. The molecule has 1 rings (SSSR count). The van der Waals surface area contributed by atoms with Gasteiger partial charge in [-0.15, -0.1) is 0 Å². The van der Waals surface area contributed by atoms with Crippen molar-refractivity contribution in [1.82, 2.24) is 10.2 Å². The number of carbonyl (C=O) groups is 1. The van der Waals surface area contributed by atoms with Gasteiger partial charge in [0.25, 0.3) is 0 Å². The highest BCUT2D eigenvalue weighted by Gasteiger charge is 2.26. The minimum atomic E-state index is -4.05. The van der Waals surface area contributed by atoms with Crippen molar-refractivity contribution in [2.24, 2.45) is 5.14 Å². The molecule has 10 heteroatoms. The molecule has 0 aromatic carbocycles. The third kappa shape index (κ3) is 5.42. The number of hydrogen-bond donors (Lipinski definition) is 2. The molecular weight excluding hydrogens is 302 g/mol. The first kappa shape index (κ1) is 17.6. The molecule has 120 valence electrons. The summed E-state index contributed by atoms with van der Waals surface area (Å²) in [6, 6.07) is 0. The van der Waals surface area contributed by atoms with Gasteiger partial charge in [0.05, 0.1) is 12.3 Å². The van der Waals surface area contributed by atoms with Gasteiger partial charge < -0.3 is 14.2 Å². The molecule has 21 heavy (non-hydrogen) atoms. The second kappa shape index (κ2) is 8.08. The number of aromatic nitrogens is 2. The summed E-state index contributed by atoms with van der Waals surface area (Å²) in [5.41, 5.74) is -0.172. The van der Waals surface area contributed by atoms with Crippen LogP contribution in [-0.2, 0) is 24.2 Å². The molecule has 0 radical (unpaired) electrons. The number of ether oxygens (including phenoxy) is 3. The average Bonchev–Trinajstić information content (AvgIpc) is 2.79. The lowest BCUT2D eigenvalue weighted by molar-refractivity contribution is 0.0279. The van der Waals surface area contributed by atoms with Gasteiger partial charge in [0, 0.05) is 20.3 Å². The monoisotopic (exact) mass is 321 g/mol. The Morgan fingerprint density at radius 1 is 1.29 bits per heavy atom. The van der Waals surface area contributed by atoms with Gasteiger partial charge in [0.15, 0.2) is 5.69 Å². The van der Waals surface area contributed by atoms with Crippen LogP contribution >= 0.6 is 0 Å². The molecule has 1 aromatic heterocycles. The third-order valence-corrected chi connectivity index (χ3v) is 3.54. The van der Waals surface area contributed by atoms with Gasteiger partial charge in [-0.25, -0.2) is 18.4 Å². The fraction of sp³-hybridized carbons (Fsp3) is 0.636. The van der Waals surface area contributed by atoms with Crippen molar-refractivity contribution >= 4 is 16.0 Å². The van der Waals surface area contributed by atoms with Crippen molar-refractivity contribution < 1.29 is 27.4 Å². The topological polar surface area (TPSA) is 134 Å². The normalized spacial score (nSPS) is 11.6. The Morgan fingerprint density at radius 2 is 2.00 bits per heavy atom. The van der Waals surface area contributed by atoms with Crippen LogP contribution in [0.4, 0.5) is 0 Å². The zero-order valence-electron chi connectivity index (χ0n) is 11.9. The molecule has 0 amide bonds. The zero-order chi connectivity index (χ0) is 15.9. The van der Waals surface area contributed by atoms with Crippen LogP contribution in [0.1, 0.15) is 22.6 Å². The SMILES string of the molecule is COCCCOCCOC(=O)c1n[nH]c(C)c1S(N)(=O)=O. The number of nitrogens with zero attached hydrogens (tertiary/aromatic N) is 1. The molecule has 0 aliphatic heterocycles. The summed E-state index contributed by atoms with van der Waals surface area (Å²) in [4.78, 5) is 11.4. The lowest BCUT2D eigenvalue weighted by atomic mass is 10.4. The van der Waals surface area contributed by atoms with Crippen molar-refractivity contribution in [3.05, 3.63) is 11.4 Å². The maximum Gasteiger partial charge on any atom is 0.360 e. The van der Waals surface area contributed by atoms with Crippen LogP contribution in [-0.4, -0.2) is 58.1 Å². The second-order valence-electron chi connectivity index (χ2n) is 4.17. The Labute approximate surface area is 122 Å². The molecule has 0 saturated heterocycles. The summed E-state index contributed by atoms with van der Waals surface area (Å²) in [6.45, 7) is 2.70. The molecule has 0 saturated carbocycles. The average molecular weight is 321 g/mol. The number of primary sulfonamides is 1. The van der Waals surface area contributed by atoms with Crippen molar-refractivity contribution in [3.63, 3.8) is 0 Å². The van der Waals surface area contributed by atoms with Crippen LogP contribution in [0.3, 0.4) is 0 Å². The van der Waals surface area contributed by atoms with Crippen LogP contribution in [0.2, 0.25) is 0 Å². The summed E-state index contributed by atoms with van der Waals surface area (Å²) >= 11 is 0. The van der Waals surface area contributed by atoms with Gasteiger partial charge in [0.1, 0.15) is 11.5 Å². The van der Waals surface area contributed by atoms with Crippen molar-refractivity contribution in [2.75, 3.05) is 33.5 Å². The van der Waals surface area contributed by atoms with E-state index < -0.39 is 16.0 Å². The summed E-state index contributed by atoms with van der Waals surface area (Å²) < 4.78 is 37.7. The predicted octanol–water partition coefficient (Wildman–Crippen LogP) is -0.425. The summed E-state index contributed by atoms with van der Waals surface area (Å²) in [5, 5.41) is 11.0. The molecule has 1 heterocycles. The Bertz CT molecular complexity index is 569. The highest BCUT2D eigenvalue weighted by Crippen LogP contribution is 2.16. The third-order valence-electron chi connectivity index (χ3n) is 2.47. The maximum absolute atomic E-state index is 11.8. The first-order valence-electron chi connectivity index (χ1n) is 6.19. The van der Waals surface area contributed by atoms with E-state index in [1.807, 2.05) is 0 Å².